The number of anilines is 1. The fraction of sp³-hybridized carbons (Fsp3) is 0.0741. The number of nitrogens with one attached hydrogen (secondary N) is 1. The molecular formula is C27H23NO3. The standard InChI is InChI=1S/C27H23NO3/c1-30-26-18-20(14-16-25(26)31-19-21-8-3-2-4-9-21)15-17-27(29)28-24-13-7-11-22-10-5-6-12-23(22)24/h2-18H,19H2,1H3,(H,28,29)/b17-15+. The van der Waals surface area contributed by atoms with Crippen LogP contribution < -0.4 is 14.8 Å². The Morgan fingerprint density at radius 2 is 1.65 bits per heavy atom. The smallest absolute Gasteiger partial charge is 0.248 e. The summed E-state index contributed by atoms with van der Waals surface area (Å²) in [4.78, 5) is 12.5. The Hall–Kier alpha value is -4.05. The zero-order chi connectivity index (χ0) is 21.5. The van der Waals surface area contributed by atoms with E-state index < -0.39 is 0 Å². The molecule has 1 amide bonds. The number of benzene rings is 4. The number of carbonyl (C=O) groups excluding carboxylic acids is 1. The molecule has 0 aromatic heterocycles. The van der Waals surface area contributed by atoms with Crippen LogP contribution in [0.2, 0.25) is 0 Å². The van der Waals surface area contributed by atoms with E-state index in [9.17, 15) is 4.79 Å². The van der Waals surface area contributed by atoms with Gasteiger partial charge in [-0.2, -0.15) is 0 Å². The zero-order valence-corrected chi connectivity index (χ0v) is 17.2. The molecule has 0 aliphatic carbocycles. The third-order valence-electron chi connectivity index (χ3n) is 4.90. The van der Waals surface area contributed by atoms with Crippen molar-refractivity contribution >= 4 is 28.4 Å². The third-order valence-corrected chi connectivity index (χ3v) is 4.90. The Balaban J connectivity index is 1.44. The molecule has 4 rings (SSSR count). The maximum absolute atomic E-state index is 12.5. The van der Waals surface area contributed by atoms with E-state index in [1.807, 2.05) is 91.0 Å². The first-order valence-electron chi connectivity index (χ1n) is 10.0. The van der Waals surface area contributed by atoms with E-state index in [-0.39, 0.29) is 5.91 Å². The lowest BCUT2D eigenvalue weighted by atomic mass is 10.1. The number of hydrogen-bond acceptors (Lipinski definition) is 3. The fourth-order valence-electron chi connectivity index (χ4n) is 3.32. The van der Waals surface area contributed by atoms with E-state index >= 15 is 0 Å². The van der Waals surface area contributed by atoms with Crippen LogP contribution in [0.25, 0.3) is 16.8 Å². The molecule has 0 heterocycles. The summed E-state index contributed by atoms with van der Waals surface area (Å²) in [5, 5.41) is 5.04. The van der Waals surface area contributed by atoms with Crippen molar-refractivity contribution in [3.8, 4) is 11.5 Å². The van der Waals surface area contributed by atoms with Crippen LogP contribution in [0.1, 0.15) is 11.1 Å². The van der Waals surface area contributed by atoms with Crippen LogP contribution in [-0.2, 0) is 11.4 Å². The molecule has 4 aromatic rings. The zero-order valence-electron chi connectivity index (χ0n) is 17.2. The van der Waals surface area contributed by atoms with Crippen LogP contribution in [0.3, 0.4) is 0 Å². The summed E-state index contributed by atoms with van der Waals surface area (Å²) in [5.74, 6) is 1.08. The lowest BCUT2D eigenvalue weighted by Gasteiger charge is -2.11. The minimum atomic E-state index is -0.195. The summed E-state index contributed by atoms with van der Waals surface area (Å²) in [7, 11) is 1.60. The molecule has 0 atom stereocenters. The van der Waals surface area contributed by atoms with E-state index in [0.717, 1.165) is 27.6 Å². The van der Waals surface area contributed by atoms with E-state index in [0.29, 0.717) is 18.1 Å². The lowest BCUT2D eigenvalue weighted by Crippen LogP contribution is -2.08. The summed E-state index contributed by atoms with van der Waals surface area (Å²) in [6.45, 7) is 0.458. The second kappa shape index (κ2) is 9.63. The van der Waals surface area contributed by atoms with Crippen LogP contribution in [0.15, 0.2) is 97.1 Å². The lowest BCUT2D eigenvalue weighted by molar-refractivity contribution is -0.111. The maximum Gasteiger partial charge on any atom is 0.248 e. The van der Waals surface area contributed by atoms with Gasteiger partial charge < -0.3 is 14.8 Å². The molecule has 0 aliphatic rings. The highest BCUT2D eigenvalue weighted by molar-refractivity contribution is 6.07. The highest BCUT2D eigenvalue weighted by Crippen LogP contribution is 2.29. The summed E-state index contributed by atoms with van der Waals surface area (Å²) >= 11 is 0. The largest absolute Gasteiger partial charge is 0.493 e. The number of rotatable bonds is 7. The third kappa shape index (κ3) is 5.11. The molecule has 0 unspecified atom stereocenters. The number of carbonyl (C=O) groups is 1. The van der Waals surface area contributed by atoms with Crippen molar-refractivity contribution in [1.29, 1.82) is 0 Å². The Bertz CT molecular complexity index is 1210. The van der Waals surface area contributed by atoms with Crippen molar-refractivity contribution in [2.75, 3.05) is 12.4 Å². The van der Waals surface area contributed by atoms with Crippen molar-refractivity contribution in [3.63, 3.8) is 0 Å². The monoisotopic (exact) mass is 409 g/mol. The number of hydrogen-bond donors (Lipinski definition) is 1. The van der Waals surface area contributed by atoms with Gasteiger partial charge in [-0.05, 0) is 40.8 Å². The van der Waals surface area contributed by atoms with Crippen molar-refractivity contribution in [2.45, 2.75) is 6.61 Å². The molecule has 0 bridgehead atoms. The molecule has 0 radical (unpaired) electrons. The normalized spacial score (nSPS) is 10.9. The Kier molecular flexibility index (Phi) is 6.29. The van der Waals surface area contributed by atoms with Gasteiger partial charge in [0.1, 0.15) is 6.61 Å². The van der Waals surface area contributed by atoms with Crippen molar-refractivity contribution in [3.05, 3.63) is 108 Å². The van der Waals surface area contributed by atoms with Crippen LogP contribution in [0.4, 0.5) is 5.69 Å². The van der Waals surface area contributed by atoms with Gasteiger partial charge in [0.2, 0.25) is 5.91 Å². The quantitative estimate of drug-likeness (QED) is 0.376. The minimum absolute atomic E-state index is 0.195. The second-order valence-corrected chi connectivity index (χ2v) is 7.03. The summed E-state index contributed by atoms with van der Waals surface area (Å²) in [6.07, 6.45) is 3.27. The molecule has 4 heteroatoms. The Labute approximate surface area is 181 Å². The van der Waals surface area contributed by atoms with Gasteiger partial charge in [0, 0.05) is 17.1 Å². The van der Waals surface area contributed by atoms with Gasteiger partial charge in [0.05, 0.1) is 7.11 Å². The van der Waals surface area contributed by atoms with Crippen LogP contribution in [-0.4, -0.2) is 13.0 Å². The molecule has 0 spiro atoms. The molecule has 0 aliphatic heterocycles. The van der Waals surface area contributed by atoms with E-state index in [2.05, 4.69) is 5.32 Å². The second-order valence-electron chi connectivity index (χ2n) is 7.03. The van der Waals surface area contributed by atoms with Gasteiger partial charge >= 0.3 is 0 Å². The number of methoxy groups -OCH3 is 1. The van der Waals surface area contributed by atoms with Gasteiger partial charge in [0.25, 0.3) is 0 Å². The first-order chi connectivity index (χ1) is 15.2. The molecule has 0 saturated carbocycles. The molecule has 31 heavy (non-hydrogen) atoms. The first-order valence-corrected chi connectivity index (χ1v) is 10.0. The molecule has 4 aromatic carbocycles. The van der Waals surface area contributed by atoms with Crippen molar-refractivity contribution in [1.82, 2.24) is 0 Å². The maximum atomic E-state index is 12.5. The topological polar surface area (TPSA) is 47.6 Å². The van der Waals surface area contributed by atoms with E-state index in [4.69, 9.17) is 9.47 Å². The van der Waals surface area contributed by atoms with Gasteiger partial charge in [-0.1, -0.05) is 72.8 Å². The molecule has 4 nitrogen and oxygen atoms in total. The first kappa shape index (κ1) is 20.2. The van der Waals surface area contributed by atoms with Crippen LogP contribution in [0.5, 0.6) is 11.5 Å². The molecular weight excluding hydrogens is 386 g/mol. The Morgan fingerprint density at radius 3 is 2.48 bits per heavy atom. The summed E-state index contributed by atoms with van der Waals surface area (Å²) in [5.41, 5.74) is 2.71. The van der Waals surface area contributed by atoms with E-state index in [1.165, 1.54) is 6.08 Å². The van der Waals surface area contributed by atoms with Gasteiger partial charge in [-0.25, -0.2) is 0 Å². The average molecular weight is 409 g/mol. The molecule has 154 valence electrons. The SMILES string of the molecule is COc1cc(/C=C/C(=O)Nc2cccc3ccccc23)ccc1OCc1ccccc1. The summed E-state index contributed by atoms with van der Waals surface area (Å²) in [6, 6.07) is 29.4. The van der Waals surface area contributed by atoms with Crippen LogP contribution >= 0.6 is 0 Å². The van der Waals surface area contributed by atoms with Gasteiger partial charge in [-0.3, -0.25) is 4.79 Å². The van der Waals surface area contributed by atoms with Crippen molar-refractivity contribution in [2.24, 2.45) is 0 Å². The highest BCUT2D eigenvalue weighted by Gasteiger charge is 2.06. The number of amides is 1. The average Bonchev–Trinajstić information content (AvgIpc) is 2.82. The van der Waals surface area contributed by atoms with Crippen LogP contribution in [0, 0.1) is 0 Å². The minimum Gasteiger partial charge on any atom is -0.493 e. The predicted molar refractivity (Wildman–Crippen MR) is 125 cm³/mol. The predicted octanol–water partition coefficient (Wildman–Crippen LogP) is 6.08. The number of ether oxygens (including phenoxy) is 2. The Morgan fingerprint density at radius 1 is 0.871 bits per heavy atom. The fourth-order valence-corrected chi connectivity index (χ4v) is 3.32. The molecule has 0 fully saturated rings. The highest BCUT2D eigenvalue weighted by atomic mass is 16.5. The number of fused-ring (bicyclic) bond motifs is 1. The molecule has 0 saturated heterocycles. The summed E-state index contributed by atoms with van der Waals surface area (Å²) < 4.78 is 11.4. The molecule has 1 N–H and O–H groups in total. The van der Waals surface area contributed by atoms with E-state index in [1.54, 1.807) is 13.2 Å². The van der Waals surface area contributed by atoms with Gasteiger partial charge in [0.15, 0.2) is 11.5 Å². The van der Waals surface area contributed by atoms with Gasteiger partial charge in [-0.15, -0.1) is 0 Å². The van der Waals surface area contributed by atoms with Crippen molar-refractivity contribution < 1.29 is 14.3 Å².